The number of amides is 1. The third-order valence-corrected chi connectivity index (χ3v) is 4.94. The molecular formula is C18H23N3O5S. The summed E-state index contributed by atoms with van der Waals surface area (Å²) in [6.07, 6.45) is 2.94. The molecule has 0 saturated heterocycles. The van der Waals surface area contributed by atoms with Gasteiger partial charge < -0.3 is 19.7 Å². The molecule has 0 fully saturated rings. The van der Waals surface area contributed by atoms with Crippen LogP contribution in [0.25, 0.3) is 0 Å². The normalized spacial score (nSPS) is 17.9. The summed E-state index contributed by atoms with van der Waals surface area (Å²) in [7, 11) is 0. The number of ether oxygens (including phenoxy) is 1. The summed E-state index contributed by atoms with van der Waals surface area (Å²) < 4.78 is 10.7. The summed E-state index contributed by atoms with van der Waals surface area (Å²) in [5.41, 5.74) is -0.174. The molecule has 1 aliphatic heterocycles. The molecule has 0 saturated carbocycles. The summed E-state index contributed by atoms with van der Waals surface area (Å²) in [5, 5.41) is 15.4. The molecule has 1 amide bonds. The van der Waals surface area contributed by atoms with Gasteiger partial charge in [0.25, 0.3) is 0 Å². The minimum Gasteiger partial charge on any atom is -0.489 e. The Kier molecular flexibility index (Phi) is 7.66. The number of carbonyl (C=O) groups is 1. The summed E-state index contributed by atoms with van der Waals surface area (Å²) in [4.78, 5) is 28.7. The zero-order valence-corrected chi connectivity index (χ0v) is 16.1. The molecule has 2 N–H and O–H groups in total. The highest BCUT2D eigenvalue weighted by Gasteiger charge is 2.29. The number of rotatable bonds is 9. The smallest absolute Gasteiger partial charge is 0.339 e. The van der Waals surface area contributed by atoms with Crippen molar-refractivity contribution >= 4 is 28.4 Å². The molecule has 1 aromatic rings. The van der Waals surface area contributed by atoms with E-state index in [9.17, 15) is 9.59 Å². The lowest BCUT2D eigenvalue weighted by Crippen LogP contribution is -2.37. The Morgan fingerprint density at radius 3 is 3.07 bits per heavy atom. The predicted molar refractivity (Wildman–Crippen MR) is 105 cm³/mol. The van der Waals surface area contributed by atoms with Crippen LogP contribution >= 0.6 is 11.8 Å². The average Bonchev–Trinajstić information content (AvgIpc) is 3.15. The lowest BCUT2D eigenvalue weighted by Gasteiger charge is -2.19. The zero-order chi connectivity index (χ0) is 19.8. The number of carbonyl (C=O) groups excluding carboxylic acids is 1. The Hall–Kier alpha value is -2.55. The number of thioether (sulfide) groups is 1. The first-order valence-electron chi connectivity index (χ1n) is 8.57. The number of aliphatic imine (C=N–C) groups is 1. The van der Waals surface area contributed by atoms with Crippen LogP contribution in [0.1, 0.15) is 38.5 Å². The van der Waals surface area contributed by atoms with E-state index in [0.717, 1.165) is 6.42 Å². The van der Waals surface area contributed by atoms with Crippen LogP contribution in [0.3, 0.4) is 0 Å². The number of oxime groups is 1. The van der Waals surface area contributed by atoms with Crippen molar-refractivity contribution in [1.29, 1.82) is 0 Å². The van der Waals surface area contributed by atoms with Crippen molar-refractivity contribution in [2.45, 2.75) is 38.8 Å². The molecule has 2 atom stereocenters. The van der Waals surface area contributed by atoms with E-state index in [-0.39, 0.29) is 12.5 Å². The highest BCUT2D eigenvalue weighted by molar-refractivity contribution is 8.16. The van der Waals surface area contributed by atoms with E-state index in [0.29, 0.717) is 34.4 Å². The molecule has 0 radical (unpaired) electrons. The lowest BCUT2D eigenvalue weighted by atomic mass is 10.1. The first-order chi connectivity index (χ1) is 13.0. The largest absolute Gasteiger partial charge is 0.489 e. The van der Waals surface area contributed by atoms with Crippen LogP contribution in [-0.2, 0) is 4.79 Å². The molecule has 0 aliphatic carbocycles. The number of nitrogens with zero attached hydrogens (tertiary/aromatic N) is 2. The van der Waals surface area contributed by atoms with Gasteiger partial charge in [0.15, 0.2) is 0 Å². The minimum atomic E-state index is -0.590. The van der Waals surface area contributed by atoms with Gasteiger partial charge in [-0.05, 0) is 13.3 Å². The first kappa shape index (κ1) is 20.8. The fraction of sp³-hybridized carbons (Fsp3) is 0.444. The third kappa shape index (κ3) is 5.72. The number of hydrogen-bond donors (Lipinski definition) is 2. The van der Waals surface area contributed by atoms with Gasteiger partial charge in [0.2, 0.25) is 5.91 Å². The Morgan fingerprint density at radius 1 is 1.63 bits per heavy atom. The monoisotopic (exact) mass is 393 g/mol. The Balaban J connectivity index is 2.17. The van der Waals surface area contributed by atoms with E-state index in [2.05, 4.69) is 22.0 Å². The zero-order valence-electron chi connectivity index (χ0n) is 15.3. The molecule has 0 aromatic carbocycles. The highest BCUT2D eigenvalue weighted by atomic mass is 32.2. The van der Waals surface area contributed by atoms with Gasteiger partial charge in [-0.2, -0.15) is 0 Å². The lowest BCUT2D eigenvalue weighted by molar-refractivity contribution is -0.122. The fourth-order valence-corrected chi connectivity index (χ4v) is 3.47. The second-order valence-electron chi connectivity index (χ2n) is 5.91. The highest BCUT2D eigenvalue weighted by Crippen LogP contribution is 2.24. The van der Waals surface area contributed by atoms with Crippen molar-refractivity contribution in [1.82, 2.24) is 5.32 Å². The topological polar surface area (TPSA) is 113 Å². The quantitative estimate of drug-likeness (QED) is 0.288. The van der Waals surface area contributed by atoms with Crippen molar-refractivity contribution in [2.24, 2.45) is 10.1 Å². The molecule has 27 heavy (non-hydrogen) atoms. The molecule has 8 nitrogen and oxygen atoms in total. The molecular weight excluding hydrogens is 370 g/mol. The van der Waals surface area contributed by atoms with Crippen LogP contribution in [0, 0.1) is 0 Å². The van der Waals surface area contributed by atoms with E-state index in [1.54, 1.807) is 19.1 Å². The SMILES string of the molecule is C=CCOc1cc(C(CCC)NC(=O)C2CSC(/C(C)=N/O)=N2)oc(=O)c1. The molecule has 1 aliphatic rings. The van der Waals surface area contributed by atoms with E-state index >= 15 is 0 Å². The van der Waals surface area contributed by atoms with Crippen LogP contribution in [0.5, 0.6) is 5.75 Å². The van der Waals surface area contributed by atoms with E-state index < -0.39 is 17.7 Å². The fourth-order valence-electron chi connectivity index (χ4n) is 2.47. The molecule has 1 aromatic heterocycles. The minimum absolute atomic E-state index is 0.260. The maximum absolute atomic E-state index is 12.6. The van der Waals surface area contributed by atoms with Crippen LogP contribution in [0.2, 0.25) is 0 Å². The van der Waals surface area contributed by atoms with Crippen LogP contribution in [0.15, 0.2) is 44.1 Å². The summed E-state index contributed by atoms with van der Waals surface area (Å²) in [6.45, 7) is 7.42. The van der Waals surface area contributed by atoms with Crippen molar-refractivity contribution < 1.29 is 19.2 Å². The molecule has 146 valence electrons. The number of nitrogens with one attached hydrogen (secondary N) is 1. The maximum atomic E-state index is 12.6. The van der Waals surface area contributed by atoms with Crippen molar-refractivity contribution in [2.75, 3.05) is 12.4 Å². The molecule has 0 bridgehead atoms. The molecule has 2 rings (SSSR count). The van der Waals surface area contributed by atoms with Gasteiger partial charge in [-0.25, -0.2) is 4.79 Å². The molecule has 2 unspecified atom stereocenters. The Morgan fingerprint density at radius 2 is 2.41 bits per heavy atom. The van der Waals surface area contributed by atoms with E-state index in [1.165, 1.54) is 17.8 Å². The predicted octanol–water partition coefficient (Wildman–Crippen LogP) is 2.53. The van der Waals surface area contributed by atoms with Gasteiger partial charge in [-0.1, -0.05) is 31.2 Å². The van der Waals surface area contributed by atoms with E-state index in [4.69, 9.17) is 14.4 Å². The maximum Gasteiger partial charge on any atom is 0.339 e. The van der Waals surface area contributed by atoms with Crippen LogP contribution < -0.4 is 15.7 Å². The van der Waals surface area contributed by atoms with Gasteiger partial charge >= 0.3 is 5.63 Å². The second kappa shape index (κ2) is 9.96. The molecule has 0 spiro atoms. The van der Waals surface area contributed by atoms with E-state index in [1.807, 2.05) is 6.92 Å². The molecule has 2 heterocycles. The Labute approximate surface area is 161 Å². The van der Waals surface area contributed by atoms with Gasteiger partial charge in [0, 0.05) is 11.8 Å². The van der Waals surface area contributed by atoms with Crippen LogP contribution in [-0.4, -0.2) is 40.3 Å². The van der Waals surface area contributed by atoms with Gasteiger partial charge in [-0.3, -0.25) is 9.79 Å². The summed E-state index contributed by atoms with van der Waals surface area (Å²) >= 11 is 1.36. The van der Waals surface area contributed by atoms with Crippen LogP contribution in [0.4, 0.5) is 0 Å². The standard InChI is InChI=1S/C18H23N3O5S/c1-4-6-13(15-8-12(25-7-5-2)9-16(22)26-15)19-17(23)14-10-27-18(20-14)11(3)21-24/h5,8-9,13-14,24H,2,4,6-7,10H2,1,3H3,(H,19,23)/b21-11+. The van der Waals surface area contributed by atoms with Gasteiger partial charge in [-0.15, -0.1) is 11.8 Å². The molecule has 9 heteroatoms. The van der Waals surface area contributed by atoms with Crippen molar-refractivity contribution in [3.63, 3.8) is 0 Å². The summed E-state index contributed by atoms with van der Waals surface area (Å²) in [6, 6.07) is 1.79. The first-order valence-corrected chi connectivity index (χ1v) is 9.55. The third-order valence-electron chi connectivity index (χ3n) is 3.78. The van der Waals surface area contributed by atoms with Gasteiger partial charge in [0.05, 0.1) is 12.1 Å². The average molecular weight is 393 g/mol. The van der Waals surface area contributed by atoms with Crippen molar-refractivity contribution in [3.8, 4) is 5.75 Å². The van der Waals surface area contributed by atoms with Crippen molar-refractivity contribution in [3.05, 3.63) is 41.0 Å². The summed E-state index contributed by atoms with van der Waals surface area (Å²) in [5.74, 6) is 0.878. The van der Waals surface area contributed by atoms with Gasteiger partial charge in [0.1, 0.15) is 34.9 Å². The second-order valence-corrected chi connectivity index (χ2v) is 6.92. The number of hydrogen-bond acceptors (Lipinski definition) is 8. The Bertz CT molecular complexity index is 802.